The van der Waals surface area contributed by atoms with Gasteiger partial charge < -0.3 is 4.74 Å². The quantitative estimate of drug-likeness (QED) is 0.742. The lowest BCUT2D eigenvalue weighted by atomic mass is 10.1. The van der Waals surface area contributed by atoms with Crippen molar-refractivity contribution in [3.05, 3.63) is 29.6 Å². The second-order valence-corrected chi connectivity index (χ2v) is 3.35. The van der Waals surface area contributed by atoms with Crippen molar-refractivity contribution in [3.63, 3.8) is 0 Å². The van der Waals surface area contributed by atoms with Crippen molar-refractivity contribution in [3.8, 4) is 0 Å². The van der Waals surface area contributed by atoms with Crippen molar-refractivity contribution in [2.75, 3.05) is 6.61 Å². The first-order valence-electron chi connectivity index (χ1n) is 4.93. The van der Waals surface area contributed by atoms with E-state index in [-0.39, 0.29) is 6.61 Å². The summed E-state index contributed by atoms with van der Waals surface area (Å²) in [5, 5.41) is 0. The lowest BCUT2D eigenvalue weighted by Gasteiger charge is -2.15. The van der Waals surface area contributed by atoms with Gasteiger partial charge in [-0.3, -0.25) is 4.98 Å². The minimum atomic E-state index is -3.50. The smallest absolute Gasteiger partial charge is 0.377 e. The topological polar surface area (TPSA) is 39.2 Å². The van der Waals surface area contributed by atoms with E-state index in [1.165, 1.54) is 19.2 Å². The Morgan fingerprint density at radius 2 is 2.25 bits per heavy atom. The molecule has 1 aromatic heterocycles. The van der Waals surface area contributed by atoms with Crippen LogP contribution in [0.3, 0.4) is 0 Å². The van der Waals surface area contributed by atoms with E-state index in [9.17, 15) is 13.6 Å². The molecule has 0 saturated heterocycles. The third kappa shape index (κ3) is 2.98. The molecular weight excluding hydrogens is 216 g/mol. The highest BCUT2D eigenvalue weighted by molar-refractivity contribution is 5.77. The van der Waals surface area contributed by atoms with Gasteiger partial charge in [-0.1, -0.05) is 6.07 Å². The molecule has 1 rings (SSSR count). The zero-order chi connectivity index (χ0) is 12.2. The molecule has 1 heterocycles. The molecule has 0 bridgehead atoms. The Kier molecular flexibility index (Phi) is 3.93. The molecule has 88 valence electrons. The van der Waals surface area contributed by atoms with Crippen molar-refractivity contribution in [1.82, 2.24) is 4.98 Å². The van der Waals surface area contributed by atoms with Crippen molar-refractivity contribution in [2.24, 2.45) is 0 Å². The number of carbonyl (C=O) groups excluding carboxylic acids is 1. The average Bonchev–Trinajstić information content (AvgIpc) is 2.21. The molecule has 0 aliphatic carbocycles. The number of alkyl halides is 2. The molecule has 16 heavy (non-hydrogen) atoms. The maximum Gasteiger partial charge on any atom is 0.377 e. The minimum Gasteiger partial charge on any atom is -0.462 e. The van der Waals surface area contributed by atoms with E-state index in [1.807, 2.05) is 0 Å². The van der Waals surface area contributed by atoms with Gasteiger partial charge in [-0.2, -0.15) is 8.78 Å². The van der Waals surface area contributed by atoms with Gasteiger partial charge in [-0.25, -0.2) is 4.79 Å². The van der Waals surface area contributed by atoms with Crippen molar-refractivity contribution in [1.29, 1.82) is 0 Å². The fraction of sp³-hybridized carbons (Fsp3) is 0.455. The van der Waals surface area contributed by atoms with E-state index in [0.717, 1.165) is 0 Å². The molecule has 0 unspecified atom stereocenters. The van der Waals surface area contributed by atoms with Crippen LogP contribution in [0.25, 0.3) is 0 Å². The van der Waals surface area contributed by atoms with E-state index in [0.29, 0.717) is 11.3 Å². The van der Waals surface area contributed by atoms with Gasteiger partial charge in [0, 0.05) is 18.3 Å². The zero-order valence-corrected chi connectivity index (χ0v) is 9.17. The van der Waals surface area contributed by atoms with Crippen molar-refractivity contribution >= 4 is 5.97 Å². The molecule has 3 nitrogen and oxygen atoms in total. The van der Waals surface area contributed by atoms with Gasteiger partial charge in [0.25, 0.3) is 0 Å². The fourth-order valence-electron chi connectivity index (χ4n) is 1.25. The van der Waals surface area contributed by atoms with E-state index in [2.05, 4.69) is 9.72 Å². The van der Waals surface area contributed by atoms with Gasteiger partial charge in [0.1, 0.15) is 0 Å². The number of ether oxygens (including phenoxy) is 1. The normalized spacial score (nSPS) is 11.2. The van der Waals surface area contributed by atoms with E-state index >= 15 is 0 Å². The number of esters is 1. The Hall–Kier alpha value is -1.52. The van der Waals surface area contributed by atoms with Gasteiger partial charge in [-0.15, -0.1) is 0 Å². The largest absolute Gasteiger partial charge is 0.462 e. The summed E-state index contributed by atoms with van der Waals surface area (Å²) in [5.41, 5.74) is 0.840. The van der Waals surface area contributed by atoms with Crippen LogP contribution in [0.2, 0.25) is 0 Å². The van der Waals surface area contributed by atoms with Gasteiger partial charge in [0.2, 0.25) is 0 Å². The maximum absolute atomic E-state index is 13.4. The van der Waals surface area contributed by atoms with Crippen molar-refractivity contribution < 1.29 is 18.3 Å². The number of halogens is 2. The molecule has 5 heteroatoms. The van der Waals surface area contributed by atoms with Crippen LogP contribution in [-0.2, 0) is 16.0 Å². The van der Waals surface area contributed by atoms with Crippen LogP contribution in [0, 0.1) is 6.92 Å². The molecule has 1 aromatic rings. The number of aryl methyl sites for hydroxylation is 1. The lowest BCUT2D eigenvalue weighted by molar-refractivity contribution is -0.171. The SMILES string of the molecule is CCOC(=O)C(F)(F)Cc1cccnc1C. The van der Waals surface area contributed by atoms with E-state index < -0.39 is 18.3 Å². The number of nitrogens with zero attached hydrogens (tertiary/aromatic N) is 1. The summed E-state index contributed by atoms with van der Waals surface area (Å²) >= 11 is 0. The first-order valence-corrected chi connectivity index (χ1v) is 4.93. The van der Waals surface area contributed by atoms with E-state index in [1.54, 1.807) is 13.0 Å². The Balaban J connectivity index is 2.80. The molecular formula is C11H13F2NO2. The molecule has 0 amide bonds. The molecule has 0 aliphatic heterocycles. The Labute approximate surface area is 92.4 Å². The third-order valence-corrected chi connectivity index (χ3v) is 2.10. The fourth-order valence-corrected chi connectivity index (χ4v) is 1.25. The number of rotatable bonds is 4. The standard InChI is InChI=1S/C11H13F2NO2/c1-3-16-10(15)11(12,13)7-9-5-4-6-14-8(9)2/h4-6H,3,7H2,1-2H3. The predicted molar refractivity (Wildman–Crippen MR) is 54.3 cm³/mol. The summed E-state index contributed by atoms with van der Waals surface area (Å²) < 4.78 is 31.0. The number of carbonyl (C=O) groups is 1. The monoisotopic (exact) mass is 229 g/mol. The van der Waals surface area contributed by atoms with E-state index in [4.69, 9.17) is 0 Å². The first kappa shape index (κ1) is 12.5. The zero-order valence-electron chi connectivity index (χ0n) is 9.17. The van der Waals surface area contributed by atoms with Gasteiger partial charge in [-0.05, 0) is 25.5 Å². The summed E-state index contributed by atoms with van der Waals surface area (Å²) in [5.74, 6) is -4.98. The van der Waals surface area contributed by atoms with Crippen LogP contribution in [-0.4, -0.2) is 23.5 Å². The molecule has 0 atom stereocenters. The average molecular weight is 229 g/mol. The summed E-state index contributed by atoms with van der Waals surface area (Å²) in [6, 6.07) is 3.08. The Morgan fingerprint density at radius 1 is 1.56 bits per heavy atom. The molecule has 0 fully saturated rings. The van der Waals surface area contributed by atoms with Crippen LogP contribution >= 0.6 is 0 Å². The Morgan fingerprint density at radius 3 is 2.81 bits per heavy atom. The van der Waals surface area contributed by atoms with Gasteiger partial charge in [0.15, 0.2) is 0 Å². The third-order valence-electron chi connectivity index (χ3n) is 2.10. The summed E-state index contributed by atoms with van der Waals surface area (Å²) in [6.07, 6.45) is 0.840. The second kappa shape index (κ2) is 5.01. The van der Waals surface area contributed by atoms with Crippen molar-refractivity contribution in [2.45, 2.75) is 26.2 Å². The lowest BCUT2D eigenvalue weighted by Crippen LogP contribution is -2.33. The first-order chi connectivity index (χ1) is 7.47. The summed E-state index contributed by atoms with van der Waals surface area (Å²) in [6.45, 7) is 3.06. The number of hydrogen-bond donors (Lipinski definition) is 0. The van der Waals surface area contributed by atoms with Gasteiger partial charge in [0.05, 0.1) is 6.61 Å². The molecule has 0 aromatic carbocycles. The van der Waals surface area contributed by atoms with Gasteiger partial charge >= 0.3 is 11.9 Å². The number of aromatic nitrogens is 1. The van der Waals surface area contributed by atoms with Crippen LogP contribution in [0.5, 0.6) is 0 Å². The predicted octanol–water partition coefficient (Wildman–Crippen LogP) is 2.13. The highest BCUT2D eigenvalue weighted by atomic mass is 19.3. The Bertz CT molecular complexity index is 380. The molecule has 0 aliphatic rings. The number of pyridine rings is 1. The summed E-state index contributed by atoms with van der Waals surface area (Å²) in [7, 11) is 0. The maximum atomic E-state index is 13.4. The van der Waals surface area contributed by atoms with Crippen LogP contribution in [0.15, 0.2) is 18.3 Å². The highest BCUT2D eigenvalue weighted by Crippen LogP contribution is 2.22. The molecule has 0 spiro atoms. The van der Waals surface area contributed by atoms with Crippen LogP contribution < -0.4 is 0 Å². The molecule has 0 saturated carbocycles. The summed E-state index contributed by atoms with van der Waals surface area (Å²) in [4.78, 5) is 14.9. The van der Waals surface area contributed by atoms with Crippen LogP contribution in [0.4, 0.5) is 8.78 Å². The highest BCUT2D eigenvalue weighted by Gasteiger charge is 2.40. The molecule has 0 N–H and O–H groups in total. The minimum absolute atomic E-state index is 0.0551. The molecule has 0 radical (unpaired) electrons. The van der Waals surface area contributed by atoms with Crippen LogP contribution in [0.1, 0.15) is 18.2 Å². The number of hydrogen-bond acceptors (Lipinski definition) is 3. The second-order valence-electron chi connectivity index (χ2n) is 3.35.